The zero-order valence-electron chi connectivity index (χ0n) is 7.89. The highest BCUT2D eigenvalue weighted by Crippen LogP contribution is 2.31. The lowest BCUT2D eigenvalue weighted by molar-refractivity contribution is 0.112. The number of aldehydes is 1. The van der Waals surface area contributed by atoms with Crippen LogP contribution in [0.25, 0.3) is 0 Å². The molecule has 2 rings (SSSR count). The molecule has 0 aliphatic carbocycles. The Balaban J connectivity index is 2.69. The lowest BCUT2D eigenvalue weighted by Crippen LogP contribution is -1.95. The minimum atomic E-state index is 0.748. The van der Waals surface area contributed by atoms with Crippen LogP contribution in [0.4, 0.5) is 0 Å². The van der Waals surface area contributed by atoms with Gasteiger partial charge >= 0.3 is 0 Å². The number of fused-ring (bicyclic) bond motifs is 1. The molecule has 0 aromatic heterocycles. The van der Waals surface area contributed by atoms with E-state index < -0.39 is 0 Å². The third-order valence-electron chi connectivity index (χ3n) is 2.65. The minimum Gasteiger partial charge on any atom is -0.493 e. The van der Waals surface area contributed by atoms with Crippen LogP contribution < -0.4 is 4.74 Å². The summed E-state index contributed by atoms with van der Waals surface area (Å²) < 4.78 is 5.44. The Bertz CT molecular complexity index is 367. The standard InChI is InChI=1S/C11H12O2/c1-7-5-11-9(3-4-13-11)8(2)10(7)6-12/h5-6H,3-4H2,1-2H3. The largest absolute Gasteiger partial charge is 0.493 e. The van der Waals surface area contributed by atoms with Crippen molar-refractivity contribution in [2.45, 2.75) is 20.3 Å². The van der Waals surface area contributed by atoms with Gasteiger partial charge in [-0.25, -0.2) is 0 Å². The molecule has 1 aromatic rings. The van der Waals surface area contributed by atoms with Gasteiger partial charge in [0.2, 0.25) is 0 Å². The molecule has 0 unspecified atom stereocenters. The summed E-state index contributed by atoms with van der Waals surface area (Å²) in [6, 6.07) is 1.96. The molecule has 1 aromatic carbocycles. The molecular weight excluding hydrogens is 164 g/mol. The van der Waals surface area contributed by atoms with Gasteiger partial charge in [0.1, 0.15) is 5.75 Å². The summed E-state index contributed by atoms with van der Waals surface area (Å²) in [6.07, 6.45) is 1.87. The highest BCUT2D eigenvalue weighted by atomic mass is 16.5. The Hall–Kier alpha value is -1.31. The topological polar surface area (TPSA) is 26.3 Å². The zero-order valence-corrected chi connectivity index (χ0v) is 7.89. The van der Waals surface area contributed by atoms with Crippen LogP contribution in [0.15, 0.2) is 6.07 Å². The van der Waals surface area contributed by atoms with E-state index >= 15 is 0 Å². The molecule has 0 fully saturated rings. The van der Waals surface area contributed by atoms with Crippen molar-refractivity contribution < 1.29 is 9.53 Å². The van der Waals surface area contributed by atoms with Crippen molar-refractivity contribution in [2.24, 2.45) is 0 Å². The second-order valence-electron chi connectivity index (χ2n) is 3.43. The maximum atomic E-state index is 10.8. The Morgan fingerprint density at radius 3 is 2.92 bits per heavy atom. The van der Waals surface area contributed by atoms with Crippen LogP contribution in [0, 0.1) is 13.8 Å². The van der Waals surface area contributed by atoms with Crippen molar-refractivity contribution in [2.75, 3.05) is 6.61 Å². The lowest BCUT2D eigenvalue weighted by atomic mass is 9.97. The molecule has 13 heavy (non-hydrogen) atoms. The first-order valence-corrected chi connectivity index (χ1v) is 4.45. The lowest BCUT2D eigenvalue weighted by Gasteiger charge is -2.08. The van der Waals surface area contributed by atoms with Crippen molar-refractivity contribution in [3.8, 4) is 5.75 Å². The highest BCUT2D eigenvalue weighted by Gasteiger charge is 2.18. The van der Waals surface area contributed by atoms with E-state index in [1.807, 2.05) is 19.9 Å². The fourth-order valence-electron chi connectivity index (χ4n) is 1.89. The molecule has 68 valence electrons. The molecule has 1 aliphatic rings. The molecule has 0 spiro atoms. The SMILES string of the molecule is Cc1cc2c(c(C)c1C=O)CCO2. The van der Waals surface area contributed by atoms with E-state index in [1.54, 1.807) is 0 Å². The Kier molecular flexibility index (Phi) is 1.83. The van der Waals surface area contributed by atoms with Gasteiger partial charge in [-0.05, 0) is 31.0 Å². The third-order valence-corrected chi connectivity index (χ3v) is 2.65. The van der Waals surface area contributed by atoms with Crippen LogP contribution in [-0.4, -0.2) is 12.9 Å². The Labute approximate surface area is 77.5 Å². The number of rotatable bonds is 1. The number of hydrogen-bond acceptors (Lipinski definition) is 2. The summed E-state index contributed by atoms with van der Waals surface area (Å²) in [4.78, 5) is 10.8. The molecule has 0 N–H and O–H groups in total. The van der Waals surface area contributed by atoms with E-state index in [0.29, 0.717) is 0 Å². The fourth-order valence-corrected chi connectivity index (χ4v) is 1.89. The zero-order chi connectivity index (χ0) is 9.42. The summed E-state index contributed by atoms with van der Waals surface area (Å²) in [5.41, 5.74) is 4.12. The predicted molar refractivity (Wildman–Crippen MR) is 50.5 cm³/mol. The second-order valence-corrected chi connectivity index (χ2v) is 3.43. The summed E-state index contributed by atoms with van der Waals surface area (Å²) in [6.45, 7) is 4.68. The number of aryl methyl sites for hydroxylation is 1. The molecule has 2 nitrogen and oxygen atoms in total. The van der Waals surface area contributed by atoms with Gasteiger partial charge in [0.25, 0.3) is 0 Å². The summed E-state index contributed by atoms with van der Waals surface area (Å²) in [5.74, 6) is 0.959. The Morgan fingerprint density at radius 1 is 1.46 bits per heavy atom. The van der Waals surface area contributed by atoms with Gasteiger partial charge in [0, 0.05) is 17.5 Å². The van der Waals surface area contributed by atoms with Crippen LogP contribution in [0.2, 0.25) is 0 Å². The smallest absolute Gasteiger partial charge is 0.150 e. The van der Waals surface area contributed by atoms with Gasteiger partial charge in [-0.15, -0.1) is 0 Å². The molecule has 0 saturated heterocycles. The van der Waals surface area contributed by atoms with Crippen LogP contribution in [-0.2, 0) is 6.42 Å². The highest BCUT2D eigenvalue weighted by molar-refractivity contribution is 5.81. The number of benzene rings is 1. The number of ether oxygens (including phenoxy) is 1. The van der Waals surface area contributed by atoms with E-state index in [-0.39, 0.29) is 0 Å². The van der Waals surface area contributed by atoms with Crippen LogP contribution in [0.3, 0.4) is 0 Å². The maximum Gasteiger partial charge on any atom is 0.150 e. The quantitative estimate of drug-likeness (QED) is 0.612. The van der Waals surface area contributed by atoms with Crippen LogP contribution >= 0.6 is 0 Å². The molecule has 2 heteroatoms. The summed E-state index contributed by atoms with van der Waals surface area (Å²) in [7, 11) is 0. The second kappa shape index (κ2) is 2.87. The van der Waals surface area contributed by atoms with Gasteiger partial charge in [-0.2, -0.15) is 0 Å². The summed E-state index contributed by atoms with van der Waals surface area (Å²) >= 11 is 0. The van der Waals surface area contributed by atoms with E-state index in [1.165, 1.54) is 5.56 Å². The molecule has 0 bridgehead atoms. The van der Waals surface area contributed by atoms with Crippen molar-refractivity contribution in [1.82, 2.24) is 0 Å². The fraction of sp³-hybridized carbons (Fsp3) is 0.364. The van der Waals surface area contributed by atoms with E-state index in [2.05, 4.69) is 0 Å². The van der Waals surface area contributed by atoms with Crippen molar-refractivity contribution in [3.05, 3.63) is 28.3 Å². The van der Waals surface area contributed by atoms with Gasteiger partial charge < -0.3 is 4.74 Å². The maximum absolute atomic E-state index is 10.8. The first-order chi connectivity index (χ1) is 6.24. The molecule has 1 aliphatic heterocycles. The molecule has 1 heterocycles. The first kappa shape index (κ1) is 8.30. The molecule has 0 saturated carbocycles. The molecule has 0 radical (unpaired) electrons. The number of carbonyl (C=O) groups is 1. The van der Waals surface area contributed by atoms with Gasteiger partial charge in [0.15, 0.2) is 6.29 Å². The predicted octanol–water partition coefficient (Wildman–Crippen LogP) is 2.05. The minimum absolute atomic E-state index is 0.748. The van der Waals surface area contributed by atoms with Crippen molar-refractivity contribution in [1.29, 1.82) is 0 Å². The number of hydrogen-bond donors (Lipinski definition) is 0. The van der Waals surface area contributed by atoms with E-state index in [4.69, 9.17) is 4.74 Å². The van der Waals surface area contributed by atoms with Crippen molar-refractivity contribution >= 4 is 6.29 Å². The van der Waals surface area contributed by atoms with Crippen LogP contribution in [0.1, 0.15) is 27.0 Å². The average molecular weight is 176 g/mol. The Morgan fingerprint density at radius 2 is 2.23 bits per heavy atom. The third kappa shape index (κ3) is 1.13. The van der Waals surface area contributed by atoms with Crippen molar-refractivity contribution in [3.63, 3.8) is 0 Å². The monoisotopic (exact) mass is 176 g/mol. The molecule has 0 atom stereocenters. The summed E-state index contributed by atoms with van der Waals surface area (Å²) in [5, 5.41) is 0. The van der Waals surface area contributed by atoms with E-state index in [9.17, 15) is 4.79 Å². The van der Waals surface area contributed by atoms with Crippen LogP contribution in [0.5, 0.6) is 5.75 Å². The van der Waals surface area contributed by atoms with Gasteiger partial charge in [-0.1, -0.05) is 0 Å². The average Bonchev–Trinajstić information content (AvgIpc) is 2.53. The molecule has 0 amide bonds. The number of carbonyl (C=O) groups excluding carboxylic acids is 1. The van der Waals surface area contributed by atoms with E-state index in [0.717, 1.165) is 41.8 Å². The normalized spacial score (nSPS) is 13.7. The van der Waals surface area contributed by atoms with Gasteiger partial charge in [-0.3, -0.25) is 4.79 Å². The first-order valence-electron chi connectivity index (χ1n) is 4.45. The molecular formula is C11H12O2. The van der Waals surface area contributed by atoms with Gasteiger partial charge in [0.05, 0.1) is 6.61 Å².